The lowest BCUT2D eigenvalue weighted by Gasteiger charge is -2.04. The van der Waals surface area contributed by atoms with Gasteiger partial charge in [0.1, 0.15) is 11.4 Å². The second kappa shape index (κ2) is 4.24. The zero-order valence-corrected chi connectivity index (χ0v) is 7.18. The highest BCUT2D eigenvalue weighted by molar-refractivity contribution is 5.69. The summed E-state index contributed by atoms with van der Waals surface area (Å²) in [7, 11) is 0. The summed E-state index contributed by atoms with van der Waals surface area (Å²) < 4.78 is 49.7. The summed E-state index contributed by atoms with van der Waals surface area (Å²) in [6.07, 6.45) is -4.05. The van der Waals surface area contributed by atoms with Crippen LogP contribution in [0.3, 0.4) is 0 Å². The Kier molecular flexibility index (Phi) is 3.23. The zero-order chi connectivity index (χ0) is 11.6. The molecule has 0 aliphatic carbocycles. The number of carboxylic acid groups (broad SMARTS) is 1. The Morgan fingerprint density at radius 3 is 2.47 bits per heavy atom. The van der Waals surface area contributed by atoms with Crippen molar-refractivity contribution >= 4 is 5.97 Å². The Balaban J connectivity index is 3.13. The van der Waals surface area contributed by atoms with E-state index in [9.17, 15) is 22.4 Å². The first kappa shape index (κ1) is 11.4. The van der Waals surface area contributed by atoms with Gasteiger partial charge in [0.2, 0.25) is 5.95 Å². The third-order valence-electron chi connectivity index (χ3n) is 1.57. The molecule has 0 atom stereocenters. The number of aromatic nitrogens is 1. The topological polar surface area (TPSA) is 50.2 Å². The van der Waals surface area contributed by atoms with E-state index in [-0.39, 0.29) is 0 Å². The van der Waals surface area contributed by atoms with Crippen LogP contribution in [0.2, 0.25) is 0 Å². The summed E-state index contributed by atoms with van der Waals surface area (Å²) in [4.78, 5) is 13.1. The average molecular weight is 223 g/mol. The van der Waals surface area contributed by atoms with Crippen molar-refractivity contribution in [2.45, 2.75) is 12.8 Å². The molecule has 0 spiro atoms. The van der Waals surface area contributed by atoms with Gasteiger partial charge in [0.15, 0.2) is 0 Å². The predicted molar refractivity (Wildman–Crippen MR) is 40.4 cm³/mol. The van der Waals surface area contributed by atoms with Crippen molar-refractivity contribution in [3.63, 3.8) is 0 Å². The number of halogens is 4. The van der Waals surface area contributed by atoms with E-state index in [0.29, 0.717) is 6.07 Å². The molecule has 1 aromatic rings. The molecule has 0 unspecified atom stereocenters. The smallest absolute Gasteiger partial charge is 0.309 e. The molecule has 0 aromatic carbocycles. The highest BCUT2D eigenvalue weighted by atomic mass is 19.3. The highest BCUT2D eigenvalue weighted by Gasteiger charge is 2.21. The van der Waals surface area contributed by atoms with Crippen molar-refractivity contribution in [3.8, 4) is 0 Å². The maximum Gasteiger partial charge on any atom is 0.309 e. The van der Waals surface area contributed by atoms with Gasteiger partial charge in [-0.3, -0.25) is 4.79 Å². The van der Waals surface area contributed by atoms with Crippen LogP contribution in [0.15, 0.2) is 6.07 Å². The minimum Gasteiger partial charge on any atom is -0.481 e. The first-order chi connectivity index (χ1) is 6.91. The first-order valence-electron chi connectivity index (χ1n) is 3.76. The van der Waals surface area contributed by atoms with Gasteiger partial charge in [-0.2, -0.15) is 4.39 Å². The lowest BCUT2D eigenvalue weighted by atomic mass is 10.2. The molecular formula is C8H5F4NO2. The number of nitrogens with zero attached hydrogens (tertiary/aromatic N) is 1. The molecule has 1 aromatic heterocycles. The Hall–Kier alpha value is -1.66. The third-order valence-corrected chi connectivity index (χ3v) is 1.57. The second-order valence-electron chi connectivity index (χ2n) is 2.67. The second-order valence-corrected chi connectivity index (χ2v) is 2.67. The van der Waals surface area contributed by atoms with Crippen LogP contribution in [0, 0.1) is 11.8 Å². The number of carbonyl (C=O) groups is 1. The zero-order valence-electron chi connectivity index (χ0n) is 7.18. The maximum absolute atomic E-state index is 12.9. The van der Waals surface area contributed by atoms with E-state index < -0.39 is 41.8 Å². The van der Waals surface area contributed by atoms with Crippen LogP contribution in [0.5, 0.6) is 0 Å². The number of rotatable bonds is 3. The summed E-state index contributed by atoms with van der Waals surface area (Å²) in [6.45, 7) is 0. The number of pyridine rings is 1. The highest BCUT2D eigenvalue weighted by Crippen LogP contribution is 2.24. The fourth-order valence-corrected chi connectivity index (χ4v) is 0.981. The van der Waals surface area contributed by atoms with E-state index in [1.54, 1.807) is 0 Å². The van der Waals surface area contributed by atoms with Crippen LogP contribution in [0.4, 0.5) is 17.6 Å². The lowest BCUT2D eigenvalue weighted by molar-refractivity contribution is -0.136. The number of hydrogen-bond acceptors (Lipinski definition) is 2. The minimum atomic E-state index is -3.32. The lowest BCUT2D eigenvalue weighted by Crippen LogP contribution is -2.07. The van der Waals surface area contributed by atoms with Crippen molar-refractivity contribution in [3.05, 3.63) is 29.1 Å². The average Bonchev–Trinajstić information content (AvgIpc) is 1.99. The summed E-state index contributed by atoms with van der Waals surface area (Å²) in [6, 6.07) is 0.485. The summed E-state index contributed by atoms with van der Waals surface area (Å²) in [5.74, 6) is -4.53. The monoisotopic (exact) mass is 223 g/mol. The first-order valence-corrected chi connectivity index (χ1v) is 3.76. The van der Waals surface area contributed by atoms with E-state index in [1.807, 2.05) is 0 Å². The molecule has 0 radical (unpaired) electrons. The van der Waals surface area contributed by atoms with Crippen molar-refractivity contribution in [1.82, 2.24) is 4.98 Å². The fourth-order valence-electron chi connectivity index (χ4n) is 0.981. The predicted octanol–water partition coefficient (Wildman–Crippen LogP) is 1.92. The van der Waals surface area contributed by atoms with E-state index in [4.69, 9.17) is 5.11 Å². The minimum absolute atomic E-state index is 0.443. The van der Waals surface area contributed by atoms with Gasteiger partial charge < -0.3 is 5.11 Å². The van der Waals surface area contributed by atoms with Gasteiger partial charge in [0.05, 0.1) is 12.1 Å². The van der Waals surface area contributed by atoms with Crippen LogP contribution in [-0.2, 0) is 11.2 Å². The molecular weight excluding hydrogens is 218 g/mol. The Morgan fingerprint density at radius 2 is 2.07 bits per heavy atom. The van der Waals surface area contributed by atoms with Crippen molar-refractivity contribution in [2.24, 2.45) is 0 Å². The number of alkyl halides is 2. The Labute approximate surface area is 81.4 Å². The molecule has 0 amide bonds. The third kappa shape index (κ3) is 2.64. The molecule has 0 aliphatic rings. The number of hydrogen-bond donors (Lipinski definition) is 1. The number of aliphatic carboxylic acids is 1. The fraction of sp³-hybridized carbons (Fsp3) is 0.250. The summed E-state index contributed by atoms with van der Waals surface area (Å²) >= 11 is 0. The normalized spacial score (nSPS) is 10.7. The van der Waals surface area contributed by atoms with Gasteiger partial charge in [-0.1, -0.05) is 0 Å². The molecule has 82 valence electrons. The molecule has 3 nitrogen and oxygen atoms in total. The van der Waals surface area contributed by atoms with Gasteiger partial charge in [-0.05, 0) is 6.07 Å². The van der Waals surface area contributed by atoms with E-state index in [2.05, 4.69) is 4.98 Å². The molecule has 0 bridgehead atoms. The standard InChI is InChI=1S/C8H5F4NO2/c9-4-1-3(2-5(14)15)13-8(12)6(4)7(10)11/h1,7H,2H2,(H,14,15). The van der Waals surface area contributed by atoms with Gasteiger partial charge in [-0.15, -0.1) is 0 Å². The Bertz CT molecular complexity index is 371. The molecule has 0 aliphatic heterocycles. The van der Waals surface area contributed by atoms with Crippen LogP contribution in [0.25, 0.3) is 0 Å². The number of carboxylic acids is 1. The van der Waals surface area contributed by atoms with Crippen LogP contribution in [0.1, 0.15) is 17.7 Å². The summed E-state index contributed by atoms with van der Waals surface area (Å²) in [5, 5.41) is 8.29. The molecule has 15 heavy (non-hydrogen) atoms. The van der Waals surface area contributed by atoms with E-state index in [0.717, 1.165) is 0 Å². The van der Waals surface area contributed by atoms with E-state index >= 15 is 0 Å². The van der Waals surface area contributed by atoms with Crippen LogP contribution in [-0.4, -0.2) is 16.1 Å². The van der Waals surface area contributed by atoms with Crippen molar-refractivity contribution in [2.75, 3.05) is 0 Å². The van der Waals surface area contributed by atoms with Gasteiger partial charge in [0, 0.05) is 0 Å². The maximum atomic E-state index is 12.9. The van der Waals surface area contributed by atoms with Crippen LogP contribution < -0.4 is 0 Å². The van der Waals surface area contributed by atoms with Gasteiger partial charge in [0.25, 0.3) is 6.43 Å². The van der Waals surface area contributed by atoms with Crippen molar-refractivity contribution in [1.29, 1.82) is 0 Å². The van der Waals surface area contributed by atoms with Crippen molar-refractivity contribution < 1.29 is 27.5 Å². The molecule has 1 N–H and O–H groups in total. The van der Waals surface area contributed by atoms with Gasteiger partial charge >= 0.3 is 5.97 Å². The van der Waals surface area contributed by atoms with Crippen LogP contribution >= 0.6 is 0 Å². The quantitative estimate of drug-likeness (QED) is 0.629. The van der Waals surface area contributed by atoms with E-state index in [1.165, 1.54) is 0 Å². The molecule has 1 heterocycles. The molecule has 0 fully saturated rings. The molecule has 0 saturated heterocycles. The Morgan fingerprint density at radius 1 is 1.47 bits per heavy atom. The van der Waals surface area contributed by atoms with Gasteiger partial charge in [-0.25, -0.2) is 18.2 Å². The molecule has 0 saturated carbocycles. The molecule has 7 heteroatoms. The molecule has 1 rings (SSSR count). The SMILES string of the molecule is O=C(O)Cc1cc(F)c(C(F)F)c(F)n1. The summed E-state index contributed by atoms with van der Waals surface area (Å²) in [5.41, 5.74) is -1.88. The largest absolute Gasteiger partial charge is 0.481 e.